The van der Waals surface area contributed by atoms with Crippen LogP contribution in [0, 0.1) is 0 Å². The van der Waals surface area contributed by atoms with Crippen LogP contribution in [0.5, 0.6) is 0 Å². The van der Waals surface area contributed by atoms with Crippen LogP contribution in [0.3, 0.4) is 0 Å². The number of aromatic nitrogens is 3. The van der Waals surface area contributed by atoms with Gasteiger partial charge in [0.2, 0.25) is 0 Å². The predicted octanol–water partition coefficient (Wildman–Crippen LogP) is 1.80. The number of nitrogens with two attached hydrogens (primary N) is 1. The molecule has 1 unspecified atom stereocenters. The van der Waals surface area contributed by atoms with Gasteiger partial charge in [0.15, 0.2) is 5.82 Å². The maximum Gasteiger partial charge on any atom is 0.259 e. The molecule has 1 atom stereocenters. The van der Waals surface area contributed by atoms with E-state index in [-0.39, 0.29) is 6.04 Å². The molecular formula is C9H9ClN4O. The Morgan fingerprint density at radius 1 is 1.53 bits per heavy atom. The first-order valence-corrected chi connectivity index (χ1v) is 4.75. The SMILES string of the molecule is CC(N)c1noc(-c2ccncc2Cl)n1. The quantitative estimate of drug-likeness (QED) is 0.842. The highest BCUT2D eigenvalue weighted by molar-refractivity contribution is 6.32. The molecule has 0 aliphatic rings. The molecule has 0 radical (unpaired) electrons. The number of pyridine rings is 1. The van der Waals surface area contributed by atoms with Gasteiger partial charge in [0, 0.05) is 12.4 Å². The third-order valence-corrected chi connectivity index (χ3v) is 2.15. The summed E-state index contributed by atoms with van der Waals surface area (Å²) >= 11 is 5.93. The van der Waals surface area contributed by atoms with Gasteiger partial charge in [0.25, 0.3) is 5.89 Å². The topological polar surface area (TPSA) is 77.8 Å². The van der Waals surface area contributed by atoms with Gasteiger partial charge >= 0.3 is 0 Å². The van der Waals surface area contributed by atoms with Crippen molar-refractivity contribution in [3.8, 4) is 11.5 Å². The molecule has 2 rings (SSSR count). The number of hydrogen-bond acceptors (Lipinski definition) is 5. The minimum atomic E-state index is -0.261. The van der Waals surface area contributed by atoms with Gasteiger partial charge in [-0.05, 0) is 13.0 Å². The second-order valence-electron chi connectivity index (χ2n) is 3.10. The first-order chi connectivity index (χ1) is 7.18. The molecule has 0 saturated carbocycles. The van der Waals surface area contributed by atoms with Gasteiger partial charge in [0.05, 0.1) is 16.6 Å². The van der Waals surface area contributed by atoms with Gasteiger partial charge < -0.3 is 10.3 Å². The second kappa shape index (κ2) is 3.96. The first-order valence-electron chi connectivity index (χ1n) is 4.37. The van der Waals surface area contributed by atoms with Crippen LogP contribution < -0.4 is 5.73 Å². The monoisotopic (exact) mass is 224 g/mol. The van der Waals surface area contributed by atoms with Crippen LogP contribution in [0.4, 0.5) is 0 Å². The lowest BCUT2D eigenvalue weighted by molar-refractivity contribution is 0.418. The van der Waals surface area contributed by atoms with Crippen LogP contribution in [0.25, 0.3) is 11.5 Å². The minimum absolute atomic E-state index is 0.261. The average Bonchev–Trinajstić information content (AvgIpc) is 2.67. The van der Waals surface area contributed by atoms with Gasteiger partial charge in [-0.25, -0.2) is 0 Å². The Kier molecular flexibility index (Phi) is 2.66. The smallest absolute Gasteiger partial charge is 0.259 e. The van der Waals surface area contributed by atoms with Crippen LogP contribution in [-0.2, 0) is 0 Å². The van der Waals surface area contributed by atoms with Crippen molar-refractivity contribution >= 4 is 11.6 Å². The molecule has 0 spiro atoms. The van der Waals surface area contributed by atoms with Gasteiger partial charge in [-0.1, -0.05) is 16.8 Å². The zero-order valence-corrected chi connectivity index (χ0v) is 8.77. The van der Waals surface area contributed by atoms with E-state index in [1.807, 2.05) is 0 Å². The third-order valence-electron chi connectivity index (χ3n) is 1.85. The van der Waals surface area contributed by atoms with E-state index in [1.165, 1.54) is 6.20 Å². The van der Waals surface area contributed by atoms with Crippen LogP contribution in [-0.4, -0.2) is 15.1 Å². The van der Waals surface area contributed by atoms with E-state index in [0.29, 0.717) is 22.3 Å². The second-order valence-corrected chi connectivity index (χ2v) is 3.51. The van der Waals surface area contributed by atoms with Crippen molar-refractivity contribution in [3.05, 3.63) is 29.3 Å². The lowest BCUT2D eigenvalue weighted by atomic mass is 10.2. The highest BCUT2D eigenvalue weighted by Gasteiger charge is 2.13. The van der Waals surface area contributed by atoms with Crippen molar-refractivity contribution in [2.75, 3.05) is 0 Å². The number of nitrogens with zero attached hydrogens (tertiary/aromatic N) is 3. The molecule has 2 N–H and O–H groups in total. The van der Waals surface area contributed by atoms with E-state index in [1.54, 1.807) is 19.2 Å². The lowest BCUT2D eigenvalue weighted by Crippen LogP contribution is -2.06. The maximum absolute atomic E-state index is 5.93. The van der Waals surface area contributed by atoms with Crippen LogP contribution >= 0.6 is 11.6 Å². The standard InChI is InChI=1S/C9H9ClN4O/c1-5(11)8-13-9(15-14-8)6-2-3-12-4-7(6)10/h2-5H,11H2,1H3. The van der Waals surface area contributed by atoms with E-state index in [9.17, 15) is 0 Å². The normalized spacial score (nSPS) is 12.7. The molecule has 0 fully saturated rings. The fourth-order valence-electron chi connectivity index (χ4n) is 1.08. The molecule has 0 aliphatic carbocycles. The van der Waals surface area contributed by atoms with Crippen molar-refractivity contribution in [2.45, 2.75) is 13.0 Å². The Hall–Kier alpha value is -1.46. The molecule has 0 saturated heterocycles. The highest BCUT2D eigenvalue weighted by atomic mass is 35.5. The molecule has 6 heteroatoms. The van der Waals surface area contributed by atoms with Gasteiger partial charge in [0.1, 0.15) is 0 Å². The van der Waals surface area contributed by atoms with Gasteiger partial charge in [-0.3, -0.25) is 4.98 Å². The Balaban J connectivity index is 2.42. The maximum atomic E-state index is 5.93. The summed E-state index contributed by atoms with van der Waals surface area (Å²) < 4.78 is 5.04. The van der Waals surface area contributed by atoms with Gasteiger partial charge in [-0.2, -0.15) is 4.98 Å². The summed E-state index contributed by atoms with van der Waals surface area (Å²) in [6, 6.07) is 1.45. The molecule has 2 heterocycles. The van der Waals surface area contributed by atoms with Crippen molar-refractivity contribution < 1.29 is 4.52 Å². The Labute approximate surface area is 91.3 Å². The molecule has 0 aromatic carbocycles. The number of halogens is 1. The van der Waals surface area contributed by atoms with E-state index in [2.05, 4.69) is 15.1 Å². The summed E-state index contributed by atoms with van der Waals surface area (Å²) in [5.74, 6) is 0.813. The van der Waals surface area contributed by atoms with E-state index < -0.39 is 0 Å². The summed E-state index contributed by atoms with van der Waals surface area (Å²) in [5, 5.41) is 4.21. The molecule has 2 aromatic heterocycles. The van der Waals surface area contributed by atoms with Crippen molar-refractivity contribution in [2.24, 2.45) is 5.73 Å². The third kappa shape index (κ3) is 1.98. The van der Waals surface area contributed by atoms with E-state index in [4.69, 9.17) is 21.9 Å². The highest BCUT2D eigenvalue weighted by Crippen LogP contribution is 2.25. The summed E-state index contributed by atoms with van der Waals surface area (Å²) in [6.45, 7) is 1.78. The lowest BCUT2D eigenvalue weighted by Gasteiger charge is -1.96. The fraction of sp³-hybridized carbons (Fsp3) is 0.222. The van der Waals surface area contributed by atoms with Crippen molar-refractivity contribution in [1.29, 1.82) is 0 Å². The Morgan fingerprint density at radius 2 is 2.33 bits per heavy atom. The summed E-state index contributed by atoms with van der Waals surface area (Å²) in [5.41, 5.74) is 6.27. The Bertz CT molecular complexity index is 469. The largest absolute Gasteiger partial charge is 0.334 e. The summed E-state index contributed by atoms with van der Waals surface area (Å²) in [4.78, 5) is 7.99. The summed E-state index contributed by atoms with van der Waals surface area (Å²) in [7, 11) is 0. The molecule has 2 aromatic rings. The van der Waals surface area contributed by atoms with Crippen LogP contribution in [0.1, 0.15) is 18.8 Å². The molecule has 15 heavy (non-hydrogen) atoms. The van der Waals surface area contributed by atoms with Crippen LogP contribution in [0.2, 0.25) is 5.02 Å². The molecular weight excluding hydrogens is 216 g/mol. The van der Waals surface area contributed by atoms with Crippen LogP contribution in [0.15, 0.2) is 23.0 Å². The number of hydrogen-bond donors (Lipinski definition) is 1. The molecule has 78 valence electrons. The molecule has 0 aliphatic heterocycles. The minimum Gasteiger partial charge on any atom is -0.334 e. The molecule has 0 bridgehead atoms. The molecule has 0 amide bonds. The zero-order valence-electron chi connectivity index (χ0n) is 8.01. The Morgan fingerprint density at radius 3 is 2.93 bits per heavy atom. The summed E-state index contributed by atoms with van der Waals surface area (Å²) in [6.07, 6.45) is 3.13. The fourth-order valence-corrected chi connectivity index (χ4v) is 1.28. The number of rotatable bonds is 2. The first kappa shape index (κ1) is 10.1. The molecule has 5 nitrogen and oxygen atoms in total. The van der Waals surface area contributed by atoms with Gasteiger partial charge in [-0.15, -0.1) is 0 Å². The zero-order chi connectivity index (χ0) is 10.8. The van der Waals surface area contributed by atoms with E-state index in [0.717, 1.165) is 0 Å². The van der Waals surface area contributed by atoms with E-state index >= 15 is 0 Å². The van der Waals surface area contributed by atoms with Crippen molar-refractivity contribution in [1.82, 2.24) is 15.1 Å². The average molecular weight is 225 g/mol. The van der Waals surface area contributed by atoms with Crippen molar-refractivity contribution in [3.63, 3.8) is 0 Å². The predicted molar refractivity (Wildman–Crippen MR) is 55.1 cm³/mol.